The van der Waals surface area contributed by atoms with E-state index in [0.717, 1.165) is 43.7 Å². The fourth-order valence-electron chi connectivity index (χ4n) is 2.96. The second-order valence-corrected chi connectivity index (χ2v) is 5.32. The molecule has 2 N–H and O–H groups in total. The molecule has 1 atom stereocenters. The van der Waals surface area contributed by atoms with Gasteiger partial charge in [-0.05, 0) is 39.9 Å². The van der Waals surface area contributed by atoms with E-state index >= 15 is 0 Å². The quantitative estimate of drug-likeness (QED) is 0.751. The third-order valence-electron chi connectivity index (χ3n) is 4.10. The number of hydrogen-bond donors (Lipinski definition) is 2. The number of rotatable bonds is 1. The fraction of sp³-hybridized carbons (Fsp3) is 0.750. The smallest absolute Gasteiger partial charge is 0.271 e. The van der Waals surface area contributed by atoms with Gasteiger partial charge >= 0.3 is 0 Å². The van der Waals surface area contributed by atoms with Crippen LogP contribution in [0, 0.1) is 0 Å². The molecule has 0 aromatic carbocycles. The average molecular weight is 236 g/mol. The Hall–Kier alpha value is -1.07. The molecule has 2 aliphatic rings. The van der Waals surface area contributed by atoms with Crippen molar-refractivity contribution < 1.29 is 0 Å². The summed E-state index contributed by atoms with van der Waals surface area (Å²) in [5.74, 6) is 0. The van der Waals surface area contributed by atoms with Gasteiger partial charge < -0.3 is 10.2 Å². The van der Waals surface area contributed by atoms with Gasteiger partial charge in [-0.3, -0.25) is 9.89 Å². The summed E-state index contributed by atoms with van der Waals surface area (Å²) in [5, 5.41) is 6.59. The van der Waals surface area contributed by atoms with Crippen LogP contribution in [0.4, 0.5) is 0 Å². The number of fused-ring (bicyclic) bond motifs is 1. The van der Waals surface area contributed by atoms with E-state index in [4.69, 9.17) is 0 Å². The number of aromatic nitrogens is 2. The molecule has 5 nitrogen and oxygen atoms in total. The van der Waals surface area contributed by atoms with Crippen LogP contribution in [0.3, 0.4) is 0 Å². The van der Waals surface area contributed by atoms with Crippen LogP contribution in [0.1, 0.15) is 43.1 Å². The van der Waals surface area contributed by atoms with Gasteiger partial charge in [0.25, 0.3) is 5.56 Å². The molecule has 17 heavy (non-hydrogen) atoms. The first-order valence-corrected chi connectivity index (χ1v) is 6.42. The molecule has 3 heterocycles. The predicted octanol–water partition coefficient (Wildman–Crippen LogP) is 0.607. The molecule has 0 radical (unpaired) electrons. The standard InChI is InChI=1S/C12H20N4O/c1-8-11-10(7-13-8)14-16(12(11)17)9-3-5-15(2)6-4-9/h8-9,13-14H,3-7H2,1-2H3. The Morgan fingerprint density at radius 1 is 1.29 bits per heavy atom. The molecule has 1 aromatic rings. The Balaban J connectivity index is 1.90. The fourth-order valence-corrected chi connectivity index (χ4v) is 2.96. The summed E-state index contributed by atoms with van der Waals surface area (Å²) in [4.78, 5) is 14.7. The third kappa shape index (κ3) is 1.73. The number of hydrogen-bond acceptors (Lipinski definition) is 3. The van der Waals surface area contributed by atoms with Crippen LogP contribution < -0.4 is 10.9 Å². The largest absolute Gasteiger partial charge is 0.306 e. The lowest BCUT2D eigenvalue weighted by Gasteiger charge is -2.29. The number of aromatic amines is 1. The van der Waals surface area contributed by atoms with Crippen molar-refractivity contribution in [2.24, 2.45) is 0 Å². The van der Waals surface area contributed by atoms with E-state index in [1.54, 1.807) is 0 Å². The maximum atomic E-state index is 12.3. The van der Waals surface area contributed by atoms with E-state index in [-0.39, 0.29) is 11.6 Å². The van der Waals surface area contributed by atoms with Gasteiger partial charge in [-0.2, -0.15) is 0 Å². The number of H-pyrrole nitrogens is 1. The molecular weight excluding hydrogens is 216 g/mol. The first-order valence-electron chi connectivity index (χ1n) is 6.42. The minimum Gasteiger partial charge on any atom is -0.306 e. The predicted molar refractivity (Wildman–Crippen MR) is 66.1 cm³/mol. The zero-order valence-electron chi connectivity index (χ0n) is 10.5. The Morgan fingerprint density at radius 2 is 2.00 bits per heavy atom. The van der Waals surface area contributed by atoms with Gasteiger partial charge in [0.15, 0.2) is 0 Å². The van der Waals surface area contributed by atoms with Gasteiger partial charge in [0.1, 0.15) is 0 Å². The van der Waals surface area contributed by atoms with Crippen molar-refractivity contribution in [3.8, 4) is 0 Å². The molecule has 0 spiro atoms. The van der Waals surface area contributed by atoms with Crippen LogP contribution >= 0.6 is 0 Å². The summed E-state index contributed by atoms with van der Waals surface area (Å²) >= 11 is 0. The minimum atomic E-state index is 0.187. The first kappa shape index (κ1) is 11.0. The summed E-state index contributed by atoms with van der Waals surface area (Å²) in [7, 11) is 2.14. The van der Waals surface area contributed by atoms with Crippen molar-refractivity contribution in [2.45, 2.75) is 38.4 Å². The van der Waals surface area contributed by atoms with Gasteiger partial charge in [-0.25, -0.2) is 4.68 Å². The Kier molecular flexibility index (Phi) is 2.60. The zero-order chi connectivity index (χ0) is 12.0. The number of piperidine rings is 1. The van der Waals surface area contributed by atoms with E-state index in [1.165, 1.54) is 0 Å². The molecule has 94 valence electrons. The van der Waals surface area contributed by atoms with Gasteiger partial charge in [0.2, 0.25) is 0 Å². The van der Waals surface area contributed by atoms with E-state index in [9.17, 15) is 4.79 Å². The Bertz CT molecular complexity index is 467. The van der Waals surface area contributed by atoms with Crippen LogP contribution in [0.25, 0.3) is 0 Å². The van der Waals surface area contributed by atoms with Crippen molar-refractivity contribution in [1.29, 1.82) is 0 Å². The highest BCUT2D eigenvalue weighted by molar-refractivity contribution is 5.25. The SMILES string of the molecule is CC1NCc2[nH]n(C3CCN(C)CC3)c(=O)c21. The topological polar surface area (TPSA) is 53.1 Å². The van der Waals surface area contributed by atoms with Crippen LogP contribution in [0.2, 0.25) is 0 Å². The zero-order valence-corrected chi connectivity index (χ0v) is 10.5. The van der Waals surface area contributed by atoms with E-state index in [2.05, 4.69) is 29.3 Å². The highest BCUT2D eigenvalue weighted by Gasteiger charge is 2.28. The monoisotopic (exact) mass is 236 g/mol. The van der Waals surface area contributed by atoms with E-state index < -0.39 is 0 Å². The van der Waals surface area contributed by atoms with Crippen LogP contribution in [-0.2, 0) is 6.54 Å². The lowest BCUT2D eigenvalue weighted by atomic mass is 10.1. The molecule has 1 unspecified atom stereocenters. The lowest BCUT2D eigenvalue weighted by Crippen LogP contribution is -2.35. The third-order valence-corrected chi connectivity index (χ3v) is 4.10. The van der Waals surface area contributed by atoms with E-state index in [1.807, 2.05) is 4.68 Å². The second-order valence-electron chi connectivity index (χ2n) is 5.32. The summed E-state index contributed by atoms with van der Waals surface area (Å²) < 4.78 is 1.87. The summed E-state index contributed by atoms with van der Waals surface area (Å²) in [6.07, 6.45) is 2.13. The molecule has 1 saturated heterocycles. The summed E-state index contributed by atoms with van der Waals surface area (Å²) in [6, 6.07) is 0.553. The van der Waals surface area contributed by atoms with Gasteiger partial charge in [-0.1, -0.05) is 0 Å². The maximum Gasteiger partial charge on any atom is 0.271 e. The van der Waals surface area contributed by atoms with Crippen LogP contribution in [0.15, 0.2) is 4.79 Å². The number of nitrogens with zero attached hydrogens (tertiary/aromatic N) is 2. The molecule has 0 aliphatic carbocycles. The summed E-state index contributed by atoms with van der Waals surface area (Å²) in [6.45, 7) is 5.01. The number of nitrogens with one attached hydrogen (secondary N) is 2. The highest BCUT2D eigenvalue weighted by atomic mass is 16.1. The molecule has 0 bridgehead atoms. The van der Waals surface area contributed by atoms with Crippen molar-refractivity contribution in [3.63, 3.8) is 0 Å². The minimum absolute atomic E-state index is 0.187. The highest BCUT2D eigenvalue weighted by Crippen LogP contribution is 2.24. The van der Waals surface area contributed by atoms with Crippen LogP contribution in [0.5, 0.6) is 0 Å². The van der Waals surface area contributed by atoms with Crippen molar-refractivity contribution in [1.82, 2.24) is 20.0 Å². The summed E-state index contributed by atoms with van der Waals surface area (Å²) in [5.41, 5.74) is 2.22. The molecule has 1 fully saturated rings. The lowest BCUT2D eigenvalue weighted by molar-refractivity contribution is 0.209. The molecule has 0 amide bonds. The van der Waals surface area contributed by atoms with Crippen molar-refractivity contribution in [2.75, 3.05) is 20.1 Å². The van der Waals surface area contributed by atoms with Gasteiger partial charge in [0.05, 0.1) is 17.3 Å². The molecule has 3 rings (SSSR count). The first-order chi connectivity index (χ1) is 8.16. The molecule has 1 aromatic heterocycles. The molecular formula is C12H20N4O. The number of likely N-dealkylation sites (tertiary alicyclic amines) is 1. The van der Waals surface area contributed by atoms with Gasteiger partial charge in [-0.15, -0.1) is 0 Å². The normalized spacial score (nSPS) is 26.4. The molecule has 0 saturated carbocycles. The second kappa shape index (κ2) is 3.99. The average Bonchev–Trinajstić information content (AvgIpc) is 2.83. The van der Waals surface area contributed by atoms with Crippen molar-refractivity contribution >= 4 is 0 Å². The molecule has 5 heteroatoms. The van der Waals surface area contributed by atoms with Gasteiger partial charge in [0, 0.05) is 12.6 Å². The molecule has 2 aliphatic heterocycles. The maximum absolute atomic E-state index is 12.3. The Labute approximate surface area is 101 Å². The van der Waals surface area contributed by atoms with Crippen LogP contribution in [-0.4, -0.2) is 34.8 Å². The van der Waals surface area contributed by atoms with E-state index in [0.29, 0.717) is 6.04 Å². The van der Waals surface area contributed by atoms with Crippen molar-refractivity contribution in [3.05, 3.63) is 21.6 Å². The Morgan fingerprint density at radius 3 is 2.65 bits per heavy atom.